The molecule has 1 saturated heterocycles. The van der Waals surface area contributed by atoms with E-state index in [4.69, 9.17) is 42.9 Å². The van der Waals surface area contributed by atoms with Crippen LogP contribution >= 0.6 is 49.6 Å². The molecule has 10 atom stereocenters. The van der Waals surface area contributed by atoms with Gasteiger partial charge in [-0.25, -0.2) is 4.79 Å². The fraction of sp³-hybridized carbons (Fsp3) is 0.938. The van der Waals surface area contributed by atoms with E-state index in [1.165, 1.54) is 0 Å². The zero-order valence-electron chi connectivity index (χ0n) is 17.8. The highest BCUT2D eigenvalue weighted by Crippen LogP contribution is 2.28. The average molecular weight is 568 g/mol. The standard InChI is InChI=1S/C16H34N6O7.4ClH/c17-2-1-3-22-16(26)29-14-10(23)6(19)4-7(20)13(14)28-15-9(21)12(25)11(24)8(5-18)27-15;;;;/h6-15,23-25H,1-5,17-21H2,(H,22,26);4*1H/t6-,7+,8-,9-,10+,11-,12-,13-,14-,15-;;;;/m1..../s1. The number of alkyl carbamates (subject to hydrolysis) is 1. The Morgan fingerprint density at radius 2 is 1.55 bits per heavy atom. The second-order valence-electron chi connectivity index (χ2n) is 7.43. The molecule has 0 aromatic carbocycles. The van der Waals surface area contributed by atoms with E-state index in [1.807, 2.05) is 0 Å². The van der Waals surface area contributed by atoms with Gasteiger partial charge in [-0.1, -0.05) is 0 Å². The van der Waals surface area contributed by atoms with Crippen molar-refractivity contribution in [2.75, 3.05) is 19.6 Å². The lowest BCUT2D eigenvalue weighted by Crippen LogP contribution is -2.68. The van der Waals surface area contributed by atoms with Crippen LogP contribution in [0.15, 0.2) is 0 Å². The van der Waals surface area contributed by atoms with E-state index in [1.54, 1.807) is 0 Å². The molecule has 2 fully saturated rings. The molecule has 2 rings (SSSR count). The second-order valence-corrected chi connectivity index (χ2v) is 7.43. The number of rotatable bonds is 7. The average Bonchev–Trinajstić information content (AvgIpc) is 2.68. The summed E-state index contributed by atoms with van der Waals surface area (Å²) in [7, 11) is 0. The second kappa shape index (κ2) is 17.5. The van der Waals surface area contributed by atoms with Crippen molar-refractivity contribution >= 4 is 55.7 Å². The normalized spacial score (nSPS) is 37.8. The first-order valence-corrected chi connectivity index (χ1v) is 9.67. The Bertz CT molecular complexity index is 548. The third-order valence-corrected chi connectivity index (χ3v) is 5.23. The minimum absolute atomic E-state index is 0. The van der Waals surface area contributed by atoms with E-state index in [9.17, 15) is 20.1 Å². The molecular weight excluding hydrogens is 530 g/mol. The Morgan fingerprint density at radius 3 is 2.09 bits per heavy atom. The fourth-order valence-electron chi connectivity index (χ4n) is 3.47. The van der Waals surface area contributed by atoms with Crippen LogP contribution in [0.1, 0.15) is 12.8 Å². The van der Waals surface area contributed by atoms with Gasteiger partial charge in [0.05, 0.1) is 6.04 Å². The molecule has 0 spiro atoms. The highest BCUT2D eigenvalue weighted by molar-refractivity contribution is 5.86. The van der Waals surface area contributed by atoms with Gasteiger partial charge in [0.15, 0.2) is 12.4 Å². The maximum atomic E-state index is 12.1. The molecule has 1 heterocycles. The highest BCUT2D eigenvalue weighted by atomic mass is 35.5. The summed E-state index contributed by atoms with van der Waals surface area (Å²) in [6.45, 7) is 0.598. The van der Waals surface area contributed by atoms with Crippen molar-refractivity contribution in [1.29, 1.82) is 0 Å². The van der Waals surface area contributed by atoms with Gasteiger partial charge in [-0.2, -0.15) is 0 Å². The van der Waals surface area contributed by atoms with Crippen LogP contribution < -0.4 is 34.0 Å². The molecule has 0 radical (unpaired) electrons. The molecule has 1 aliphatic carbocycles. The van der Waals surface area contributed by atoms with Crippen LogP contribution in [0.25, 0.3) is 0 Å². The SMILES string of the molecule is Cl.Cl.Cl.Cl.NCCCNC(=O)O[C@@H]1[C@@H](O)[C@H](N)C[C@H](N)[C@H]1O[C@H]1O[C@H](CN)[C@@H](O)[C@H](O)[C@H]1N. The van der Waals surface area contributed by atoms with Crippen LogP contribution in [-0.2, 0) is 14.2 Å². The maximum absolute atomic E-state index is 12.1. The van der Waals surface area contributed by atoms with Crippen LogP contribution in [0.4, 0.5) is 4.79 Å². The molecule has 17 heteroatoms. The molecule has 33 heavy (non-hydrogen) atoms. The van der Waals surface area contributed by atoms with Crippen molar-refractivity contribution < 1.29 is 34.3 Å². The van der Waals surface area contributed by atoms with Gasteiger partial charge >= 0.3 is 6.09 Å². The van der Waals surface area contributed by atoms with Gasteiger partial charge in [-0.3, -0.25) is 0 Å². The fourth-order valence-corrected chi connectivity index (χ4v) is 3.47. The van der Waals surface area contributed by atoms with Gasteiger partial charge in [-0.05, 0) is 19.4 Å². The number of aliphatic hydroxyl groups excluding tert-OH is 3. The Balaban J connectivity index is -0.00000225. The van der Waals surface area contributed by atoms with Gasteiger partial charge in [0.1, 0.15) is 30.5 Å². The summed E-state index contributed by atoms with van der Waals surface area (Å²) in [5.41, 5.74) is 28.9. The van der Waals surface area contributed by atoms with Crippen LogP contribution in [0, 0.1) is 0 Å². The van der Waals surface area contributed by atoms with Gasteiger partial charge in [0.25, 0.3) is 0 Å². The third-order valence-electron chi connectivity index (χ3n) is 5.23. The number of amides is 1. The monoisotopic (exact) mass is 566 g/mol. The minimum atomic E-state index is -1.35. The zero-order chi connectivity index (χ0) is 21.7. The molecule has 1 saturated carbocycles. The number of halogens is 4. The molecule has 13 nitrogen and oxygen atoms in total. The van der Waals surface area contributed by atoms with Gasteiger partial charge in [0, 0.05) is 25.2 Å². The van der Waals surface area contributed by atoms with Gasteiger partial charge in [-0.15, -0.1) is 49.6 Å². The first-order chi connectivity index (χ1) is 13.7. The highest BCUT2D eigenvalue weighted by Gasteiger charge is 2.49. The van der Waals surface area contributed by atoms with E-state index < -0.39 is 67.1 Å². The number of hydrogen-bond acceptors (Lipinski definition) is 12. The summed E-state index contributed by atoms with van der Waals surface area (Å²) in [5.74, 6) is 0. The van der Waals surface area contributed by atoms with Crippen molar-refractivity contribution in [3.05, 3.63) is 0 Å². The number of aliphatic hydroxyl groups is 3. The van der Waals surface area contributed by atoms with E-state index in [2.05, 4.69) is 5.32 Å². The number of ether oxygens (including phenoxy) is 3. The molecule has 0 aromatic rings. The molecule has 202 valence electrons. The van der Waals surface area contributed by atoms with Crippen LogP contribution in [-0.4, -0.2) is 102 Å². The number of carbonyl (C=O) groups is 1. The lowest BCUT2D eigenvalue weighted by molar-refractivity contribution is -0.287. The van der Waals surface area contributed by atoms with E-state index in [0.29, 0.717) is 19.5 Å². The smallest absolute Gasteiger partial charge is 0.407 e. The first-order valence-electron chi connectivity index (χ1n) is 9.67. The predicted octanol–water partition coefficient (Wildman–Crippen LogP) is -3.35. The number of hydrogen-bond donors (Lipinski definition) is 9. The van der Waals surface area contributed by atoms with Crippen molar-refractivity contribution in [3.8, 4) is 0 Å². The molecule has 0 bridgehead atoms. The largest absolute Gasteiger partial charge is 0.441 e. The van der Waals surface area contributed by atoms with E-state index in [0.717, 1.165) is 0 Å². The molecular formula is C16H38Cl4N6O7. The Hall–Kier alpha value is 0.0300. The minimum Gasteiger partial charge on any atom is -0.441 e. The summed E-state index contributed by atoms with van der Waals surface area (Å²) < 4.78 is 16.7. The summed E-state index contributed by atoms with van der Waals surface area (Å²) in [6, 6.07) is -2.57. The number of nitrogens with one attached hydrogen (secondary N) is 1. The van der Waals surface area contributed by atoms with E-state index in [-0.39, 0.29) is 62.6 Å². The lowest BCUT2D eigenvalue weighted by Gasteiger charge is -2.46. The van der Waals surface area contributed by atoms with Crippen LogP contribution in [0.3, 0.4) is 0 Å². The van der Waals surface area contributed by atoms with E-state index >= 15 is 0 Å². The van der Waals surface area contributed by atoms with Gasteiger partial charge in [0.2, 0.25) is 0 Å². The Morgan fingerprint density at radius 1 is 0.939 bits per heavy atom. The maximum Gasteiger partial charge on any atom is 0.407 e. The number of carbonyl (C=O) groups excluding carboxylic acids is 1. The molecule has 0 aromatic heterocycles. The van der Waals surface area contributed by atoms with Gasteiger partial charge < -0.3 is 63.5 Å². The summed E-state index contributed by atoms with van der Waals surface area (Å²) >= 11 is 0. The Kier molecular flexibility index (Phi) is 19.9. The van der Waals surface area contributed by atoms with Crippen molar-refractivity contribution in [2.45, 2.75) is 73.9 Å². The molecule has 1 aliphatic heterocycles. The molecule has 14 N–H and O–H groups in total. The summed E-state index contributed by atoms with van der Waals surface area (Å²) in [6.07, 6.45) is -8.29. The van der Waals surface area contributed by atoms with Crippen LogP contribution in [0.2, 0.25) is 0 Å². The Labute approximate surface area is 217 Å². The quantitative estimate of drug-likeness (QED) is 0.137. The third kappa shape index (κ3) is 9.54. The summed E-state index contributed by atoms with van der Waals surface area (Å²) in [5, 5.41) is 33.1. The first kappa shape index (κ1) is 37.6. The topological polar surface area (TPSA) is 248 Å². The molecule has 2 aliphatic rings. The molecule has 1 amide bonds. The van der Waals surface area contributed by atoms with Crippen molar-refractivity contribution in [3.63, 3.8) is 0 Å². The van der Waals surface area contributed by atoms with Crippen molar-refractivity contribution in [2.24, 2.45) is 28.7 Å². The summed E-state index contributed by atoms with van der Waals surface area (Å²) in [4.78, 5) is 12.1. The number of nitrogens with two attached hydrogens (primary N) is 5. The lowest BCUT2D eigenvalue weighted by atomic mass is 9.84. The van der Waals surface area contributed by atoms with Crippen molar-refractivity contribution in [1.82, 2.24) is 5.32 Å². The predicted molar refractivity (Wildman–Crippen MR) is 130 cm³/mol. The van der Waals surface area contributed by atoms with Crippen LogP contribution in [0.5, 0.6) is 0 Å². The molecule has 0 unspecified atom stereocenters. The zero-order valence-corrected chi connectivity index (χ0v) is 21.1.